The first-order valence-corrected chi connectivity index (χ1v) is 13.9. The zero-order chi connectivity index (χ0) is 26.2. The van der Waals surface area contributed by atoms with Crippen LogP contribution in [0.3, 0.4) is 0 Å². The van der Waals surface area contributed by atoms with E-state index in [1.807, 2.05) is 32.0 Å². The molecule has 5 rings (SSSR count). The summed E-state index contributed by atoms with van der Waals surface area (Å²) in [4.78, 5) is 3.97. The number of sulfonamides is 1. The van der Waals surface area contributed by atoms with Gasteiger partial charge in [0.2, 0.25) is 10.0 Å². The van der Waals surface area contributed by atoms with E-state index in [0.29, 0.717) is 29.3 Å². The van der Waals surface area contributed by atoms with Crippen LogP contribution in [0.25, 0.3) is 22.2 Å². The average Bonchev–Trinajstić information content (AvgIpc) is 3.62. The Bertz CT molecular complexity index is 1640. The van der Waals surface area contributed by atoms with Crippen LogP contribution in [0.5, 0.6) is 11.6 Å². The molecular weight excluding hydrogens is 491 g/mol. The van der Waals surface area contributed by atoms with Crippen molar-refractivity contribution in [3.05, 3.63) is 71.7 Å². The number of nitrogens with zero attached hydrogens (tertiary/aromatic N) is 3. The van der Waals surface area contributed by atoms with E-state index in [9.17, 15) is 18.1 Å². The largest absolute Gasteiger partial charge is 0.436 e. The van der Waals surface area contributed by atoms with Crippen molar-refractivity contribution in [2.45, 2.75) is 39.7 Å². The van der Waals surface area contributed by atoms with Gasteiger partial charge in [0, 0.05) is 35.4 Å². The average molecular weight is 519 g/mol. The van der Waals surface area contributed by atoms with Gasteiger partial charge in [-0.2, -0.15) is 5.26 Å². The second-order valence-corrected chi connectivity index (χ2v) is 11.3. The number of nitriles is 1. The molecule has 1 aliphatic rings. The number of halogens is 1. The van der Waals surface area contributed by atoms with Crippen molar-refractivity contribution in [2.75, 3.05) is 10.5 Å². The highest BCUT2D eigenvalue weighted by molar-refractivity contribution is 7.92. The Morgan fingerprint density at radius 2 is 2.03 bits per heavy atom. The lowest BCUT2D eigenvalue weighted by Gasteiger charge is -2.15. The lowest BCUT2D eigenvalue weighted by molar-refractivity contribution is 0.423. The molecule has 4 aromatic rings. The fraction of sp³-hybridized carbons (Fsp3) is 0.286. The minimum absolute atomic E-state index is 0.0504. The number of nitrogens with one attached hydrogen (secondary N) is 1. The molecule has 0 saturated heterocycles. The van der Waals surface area contributed by atoms with Gasteiger partial charge in [-0.3, -0.25) is 4.72 Å². The van der Waals surface area contributed by atoms with Crippen LogP contribution in [0.15, 0.2) is 54.7 Å². The summed E-state index contributed by atoms with van der Waals surface area (Å²) in [5.41, 5.74) is 4.33. The Morgan fingerprint density at radius 3 is 2.70 bits per heavy atom. The molecule has 0 unspecified atom stereocenters. The van der Waals surface area contributed by atoms with Crippen LogP contribution in [0.2, 0.25) is 0 Å². The quantitative estimate of drug-likeness (QED) is 0.277. The van der Waals surface area contributed by atoms with Crippen molar-refractivity contribution in [1.29, 1.82) is 5.26 Å². The lowest BCUT2D eigenvalue weighted by Crippen LogP contribution is -2.16. The molecule has 190 valence electrons. The van der Waals surface area contributed by atoms with Crippen LogP contribution in [0.4, 0.5) is 10.1 Å². The van der Waals surface area contributed by atoms with Crippen LogP contribution >= 0.6 is 0 Å². The summed E-state index contributed by atoms with van der Waals surface area (Å²) in [7, 11) is -3.42. The van der Waals surface area contributed by atoms with Crippen LogP contribution in [-0.2, 0) is 16.6 Å². The minimum atomic E-state index is -3.42. The highest BCUT2D eigenvalue weighted by atomic mass is 32.2. The molecule has 1 N–H and O–H groups in total. The van der Waals surface area contributed by atoms with E-state index in [1.165, 1.54) is 18.3 Å². The first-order chi connectivity index (χ1) is 17.8. The number of hydrogen-bond donors (Lipinski definition) is 1. The second-order valence-electron chi connectivity index (χ2n) is 9.41. The Labute approximate surface area is 215 Å². The number of benzene rings is 2. The molecule has 0 radical (unpaired) electrons. The summed E-state index contributed by atoms with van der Waals surface area (Å²) >= 11 is 0. The van der Waals surface area contributed by atoms with Gasteiger partial charge in [-0.15, -0.1) is 0 Å². The van der Waals surface area contributed by atoms with Gasteiger partial charge in [0.25, 0.3) is 5.88 Å². The fourth-order valence-corrected chi connectivity index (χ4v) is 5.71. The van der Waals surface area contributed by atoms with E-state index in [1.54, 1.807) is 18.2 Å². The van der Waals surface area contributed by atoms with E-state index in [4.69, 9.17) is 4.74 Å². The van der Waals surface area contributed by atoms with Crippen LogP contribution in [0, 0.1) is 30.0 Å². The summed E-state index contributed by atoms with van der Waals surface area (Å²) in [5, 5.41) is 11.0. The van der Waals surface area contributed by atoms with Crippen molar-refractivity contribution in [3.8, 4) is 29.0 Å². The van der Waals surface area contributed by atoms with Crippen molar-refractivity contribution < 1.29 is 17.5 Å². The molecule has 2 aromatic heterocycles. The molecule has 37 heavy (non-hydrogen) atoms. The van der Waals surface area contributed by atoms with Gasteiger partial charge in [-0.05, 0) is 74.1 Å². The third-order valence-electron chi connectivity index (χ3n) is 6.45. The number of rotatable bonds is 9. The predicted octanol–water partition coefficient (Wildman–Crippen LogP) is 6.38. The SMILES string of the molecule is CCCS(=O)(=O)Nc1ccc(-c2c(C#N)c3ccc(Oc4ncccc4F)cc3n2CC2CC2)c(C)c1. The summed E-state index contributed by atoms with van der Waals surface area (Å²) in [6.45, 7) is 4.46. The maximum absolute atomic E-state index is 14.1. The third-order valence-corrected chi connectivity index (χ3v) is 7.94. The van der Waals surface area contributed by atoms with Gasteiger partial charge in [-0.25, -0.2) is 17.8 Å². The van der Waals surface area contributed by atoms with E-state index in [2.05, 4.69) is 20.3 Å². The maximum atomic E-state index is 14.1. The molecule has 7 nitrogen and oxygen atoms in total. The van der Waals surface area contributed by atoms with Gasteiger partial charge in [0.1, 0.15) is 11.8 Å². The van der Waals surface area contributed by atoms with Gasteiger partial charge in [0.15, 0.2) is 5.82 Å². The number of anilines is 1. The zero-order valence-corrected chi connectivity index (χ0v) is 21.5. The summed E-state index contributed by atoms with van der Waals surface area (Å²) in [5.74, 6) is 0.321. The Kier molecular flexibility index (Phi) is 6.61. The third kappa shape index (κ3) is 5.16. The topological polar surface area (TPSA) is 97.0 Å². The molecule has 0 aliphatic heterocycles. The van der Waals surface area contributed by atoms with Gasteiger partial charge >= 0.3 is 0 Å². The van der Waals surface area contributed by atoms with Crippen molar-refractivity contribution in [2.24, 2.45) is 5.92 Å². The van der Waals surface area contributed by atoms with Gasteiger partial charge < -0.3 is 9.30 Å². The molecule has 0 amide bonds. The van der Waals surface area contributed by atoms with E-state index in [-0.39, 0.29) is 11.6 Å². The summed E-state index contributed by atoms with van der Waals surface area (Å²) in [6, 6.07) is 15.9. The molecule has 2 heterocycles. The van der Waals surface area contributed by atoms with Gasteiger partial charge in [-0.1, -0.05) is 13.0 Å². The summed E-state index contributed by atoms with van der Waals surface area (Å²) in [6.07, 6.45) is 4.23. The maximum Gasteiger partial charge on any atom is 0.255 e. The number of hydrogen-bond acceptors (Lipinski definition) is 5. The Balaban J connectivity index is 1.61. The van der Waals surface area contributed by atoms with Crippen molar-refractivity contribution in [1.82, 2.24) is 9.55 Å². The van der Waals surface area contributed by atoms with E-state index < -0.39 is 15.8 Å². The number of aromatic nitrogens is 2. The highest BCUT2D eigenvalue weighted by Crippen LogP contribution is 2.41. The molecule has 1 fully saturated rings. The first kappa shape index (κ1) is 24.8. The summed E-state index contributed by atoms with van der Waals surface area (Å²) < 4.78 is 49.1. The second kappa shape index (κ2) is 9.87. The normalized spacial score (nSPS) is 13.5. The number of pyridine rings is 1. The Morgan fingerprint density at radius 1 is 1.22 bits per heavy atom. The molecular formula is C28H27FN4O3S. The number of aryl methyl sites for hydroxylation is 1. The minimum Gasteiger partial charge on any atom is -0.436 e. The standard InChI is InChI=1S/C28H27FN4O3S/c1-3-13-37(34,35)32-20-8-10-22(18(2)14-20)27-24(16-30)23-11-9-21(36-28-25(29)5-4-12-31-28)15-26(23)33(27)17-19-6-7-19/h4-5,8-12,14-15,19,32H,3,6-7,13,17H2,1-2H3. The zero-order valence-electron chi connectivity index (χ0n) is 20.7. The molecule has 0 atom stereocenters. The first-order valence-electron chi connectivity index (χ1n) is 12.3. The van der Waals surface area contributed by atoms with Crippen LogP contribution < -0.4 is 9.46 Å². The number of fused-ring (bicyclic) bond motifs is 1. The Hall–Kier alpha value is -3.90. The predicted molar refractivity (Wildman–Crippen MR) is 142 cm³/mol. The van der Waals surface area contributed by atoms with Gasteiger partial charge in [0.05, 0.1) is 22.5 Å². The van der Waals surface area contributed by atoms with Crippen LogP contribution in [-0.4, -0.2) is 23.7 Å². The van der Waals surface area contributed by atoms with E-state index in [0.717, 1.165) is 47.1 Å². The molecule has 0 bridgehead atoms. The van der Waals surface area contributed by atoms with Crippen molar-refractivity contribution in [3.63, 3.8) is 0 Å². The molecule has 2 aromatic carbocycles. The molecule has 0 spiro atoms. The number of ether oxygens (including phenoxy) is 1. The molecule has 1 saturated carbocycles. The van der Waals surface area contributed by atoms with E-state index >= 15 is 0 Å². The molecule has 1 aliphatic carbocycles. The fourth-order valence-electron chi connectivity index (χ4n) is 4.58. The van der Waals surface area contributed by atoms with Crippen LogP contribution in [0.1, 0.15) is 37.3 Å². The highest BCUT2D eigenvalue weighted by Gasteiger charge is 2.27. The molecule has 9 heteroatoms. The smallest absolute Gasteiger partial charge is 0.255 e. The monoisotopic (exact) mass is 518 g/mol. The lowest BCUT2D eigenvalue weighted by atomic mass is 10.0. The van der Waals surface area contributed by atoms with Crippen molar-refractivity contribution >= 4 is 26.6 Å².